The molecule has 0 atom stereocenters. The third-order valence-electron chi connectivity index (χ3n) is 3.15. The van der Waals surface area contributed by atoms with Crippen LogP contribution in [0.1, 0.15) is 39.5 Å². The molecule has 0 bridgehead atoms. The van der Waals surface area contributed by atoms with E-state index in [1.807, 2.05) is 13.8 Å². The van der Waals surface area contributed by atoms with Crippen LogP contribution in [0, 0.1) is 0 Å². The summed E-state index contributed by atoms with van der Waals surface area (Å²) in [5.74, 6) is 0.762. The van der Waals surface area contributed by atoms with Crippen molar-refractivity contribution in [1.29, 1.82) is 0 Å². The molecule has 0 aromatic carbocycles. The van der Waals surface area contributed by atoms with Gasteiger partial charge in [-0.05, 0) is 26.7 Å². The van der Waals surface area contributed by atoms with E-state index in [9.17, 15) is 5.11 Å². The van der Waals surface area contributed by atoms with E-state index in [0.717, 1.165) is 51.3 Å². The quantitative estimate of drug-likeness (QED) is 0.360. The van der Waals surface area contributed by atoms with Crippen LogP contribution >= 0.6 is 0 Å². The number of ether oxygens (including phenoxy) is 1. The van der Waals surface area contributed by atoms with Crippen molar-refractivity contribution in [3.05, 3.63) is 0 Å². The molecule has 0 heterocycles. The fourth-order valence-corrected chi connectivity index (χ4v) is 2.15. The summed E-state index contributed by atoms with van der Waals surface area (Å²) in [6.07, 6.45) is 3.96. The molecular formula is C13H27N3O2. The molecule has 0 aliphatic heterocycles. The van der Waals surface area contributed by atoms with Crippen LogP contribution in [0.4, 0.5) is 0 Å². The Balaban J connectivity index is 2.34. The molecule has 106 valence electrons. The minimum Gasteiger partial charge on any atom is -0.388 e. The van der Waals surface area contributed by atoms with Crippen molar-refractivity contribution in [2.75, 3.05) is 32.8 Å². The summed E-state index contributed by atoms with van der Waals surface area (Å²) in [6.45, 7) is 7.45. The molecule has 0 aromatic rings. The van der Waals surface area contributed by atoms with Gasteiger partial charge in [0, 0.05) is 19.7 Å². The fourth-order valence-electron chi connectivity index (χ4n) is 2.15. The smallest absolute Gasteiger partial charge is 0.191 e. The monoisotopic (exact) mass is 257 g/mol. The maximum atomic E-state index is 10.2. The standard InChI is InChI=1S/C13H27N3O2/c1-3-14-12(15-9-10-18-4-2)16-11-13(17)7-5-6-8-13/h17H,3-11H2,1-2H3,(H2,14,15,16). The average Bonchev–Trinajstić information content (AvgIpc) is 2.79. The van der Waals surface area contributed by atoms with Gasteiger partial charge in [0.1, 0.15) is 0 Å². The largest absolute Gasteiger partial charge is 0.388 e. The molecule has 0 radical (unpaired) electrons. The van der Waals surface area contributed by atoms with Crippen LogP contribution in [0.3, 0.4) is 0 Å². The maximum Gasteiger partial charge on any atom is 0.191 e. The zero-order valence-electron chi connectivity index (χ0n) is 11.7. The molecule has 1 aliphatic rings. The van der Waals surface area contributed by atoms with Crippen molar-refractivity contribution in [3.8, 4) is 0 Å². The van der Waals surface area contributed by atoms with Crippen molar-refractivity contribution in [3.63, 3.8) is 0 Å². The number of aliphatic imine (C=N–C) groups is 1. The highest BCUT2D eigenvalue weighted by Crippen LogP contribution is 2.29. The number of nitrogens with zero attached hydrogens (tertiary/aromatic N) is 1. The first-order chi connectivity index (χ1) is 8.70. The van der Waals surface area contributed by atoms with Crippen molar-refractivity contribution in [2.45, 2.75) is 45.1 Å². The van der Waals surface area contributed by atoms with Gasteiger partial charge in [0.05, 0.1) is 18.8 Å². The van der Waals surface area contributed by atoms with Gasteiger partial charge in [0.15, 0.2) is 5.96 Å². The Morgan fingerprint density at radius 2 is 2.00 bits per heavy atom. The highest BCUT2D eigenvalue weighted by molar-refractivity contribution is 5.79. The Kier molecular flexibility index (Phi) is 7.05. The van der Waals surface area contributed by atoms with E-state index in [1.54, 1.807) is 0 Å². The van der Waals surface area contributed by atoms with Crippen LogP contribution in [-0.4, -0.2) is 49.5 Å². The van der Waals surface area contributed by atoms with E-state index in [-0.39, 0.29) is 0 Å². The normalized spacial score (nSPS) is 18.9. The number of nitrogens with one attached hydrogen (secondary N) is 2. The number of hydrogen-bond acceptors (Lipinski definition) is 3. The van der Waals surface area contributed by atoms with Crippen molar-refractivity contribution in [2.24, 2.45) is 4.99 Å². The van der Waals surface area contributed by atoms with Crippen molar-refractivity contribution < 1.29 is 9.84 Å². The lowest BCUT2D eigenvalue weighted by Gasteiger charge is -2.20. The summed E-state index contributed by atoms with van der Waals surface area (Å²) in [4.78, 5) is 4.45. The van der Waals surface area contributed by atoms with Gasteiger partial charge < -0.3 is 20.5 Å². The second-order valence-corrected chi connectivity index (χ2v) is 4.75. The summed E-state index contributed by atoms with van der Waals surface area (Å²) in [6, 6.07) is 0. The van der Waals surface area contributed by atoms with Crippen molar-refractivity contribution in [1.82, 2.24) is 10.6 Å². The lowest BCUT2D eigenvalue weighted by Crippen LogP contribution is -2.40. The van der Waals surface area contributed by atoms with Crippen LogP contribution in [0.15, 0.2) is 4.99 Å². The van der Waals surface area contributed by atoms with E-state index in [1.165, 1.54) is 0 Å². The van der Waals surface area contributed by atoms with Gasteiger partial charge in [-0.2, -0.15) is 0 Å². The van der Waals surface area contributed by atoms with Crippen LogP contribution in [-0.2, 0) is 4.74 Å². The number of rotatable bonds is 7. The Morgan fingerprint density at radius 1 is 1.28 bits per heavy atom. The number of aliphatic hydroxyl groups is 1. The first-order valence-corrected chi connectivity index (χ1v) is 7.02. The van der Waals surface area contributed by atoms with Crippen molar-refractivity contribution >= 4 is 5.96 Å². The predicted octanol–water partition coefficient (Wildman–Crippen LogP) is 0.883. The Hall–Kier alpha value is -0.810. The molecule has 0 saturated heterocycles. The van der Waals surface area contributed by atoms with E-state index in [4.69, 9.17) is 4.74 Å². The minimum absolute atomic E-state index is 0.483. The molecule has 1 fully saturated rings. The predicted molar refractivity (Wildman–Crippen MR) is 73.9 cm³/mol. The zero-order chi connectivity index (χ0) is 13.3. The summed E-state index contributed by atoms with van der Waals surface area (Å²) < 4.78 is 5.27. The van der Waals surface area contributed by atoms with Gasteiger partial charge in [0.25, 0.3) is 0 Å². The lowest BCUT2D eigenvalue weighted by molar-refractivity contribution is 0.0574. The first-order valence-electron chi connectivity index (χ1n) is 7.02. The highest BCUT2D eigenvalue weighted by atomic mass is 16.5. The van der Waals surface area contributed by atoms with Gasteiger partial charge in [-0.1, -0.05) is 12.8 Å². The van der Waals surface area contributed by atoms with Gasteiger partial charge in [-0.25, -0.2) is 0 Å². The molecule has 0 unspecified atom stereocenters. The summed E-state index contributed by atoms with van der Waals surface area (Å²) >= 11 is 0. The molecule has 1 aliphatic carbocycles. The number of guanidine groups is 1. The van der Waals surface area contributed by atoms with Crippen LogP contribution in [0.5, 0.6) is 0 Å². The third-order valence-corrected chi connectivity index (χ3v) is 3.15. The molecule has 1 saturated carbocycles. The highest BCUT2D eigenvalue weighted by Gasteiger charge is 2.30. The molecular weight excluding hydrogens is 230 g/mol. The van der Waals surface area contributed by atoms with E-state index in [2.05, 4.69) is 15.6 Å². The van der Waals surface area contributed by atoms with Gasteiger partial charge in [-0.15, -0.1) is 0 Å². The Labute approximate surface area is 110 Å². The van der Waals surface area contributed by atoms with E-state index >= 15 is 0 Å². The maximum absolute atomic E-state index is 10.2. The molecule has 5 nitrogen and oxygen atoms in total. The second kappa shape index (κ2) is 8.32. The van der Waals surface area contributed by atoms with E-state index < -0.39 is 5.60 Å². The van der Waals surface area contributed by atoms with Crippen LogP contribution in [0.2, 0.25) is 0 Å². The molecule has 1 rings (SSSR count). The van der Waals surface area contributed by atoms with Crippen LogP contribution < -0.4 is 10.6 Å². The number of hydrogen-bond donors (Lipinski definition) is 3. The molecule has 0 spiro atoms. The lowest BCUT2D eigenvalue weighted by atomic mass is 10.0. The van der Waals surface area contributed by atoms with E-state index in [0.29, 0.717) is 13.2 Å². The summed E-state index contributed by atoms with van der Waals surface area (Å²) in [7, 11) is 0. The molecule has 0 amide bonds. The van der Waals surface area contributed by atoms with Gasteiger partial charge in [0.2, 0.25) is 0 Å². The molecule has 18 heavy (non-hydrogen) atoms. The summed E-state index contributed by atoms with van der Waals surface area (Å²) in [5.41, 5.74) is -0.581. The van der Waals surface area contributed by atoms with Gasteiger partial charge >= 0.3 is 0 Å². The van der Waals surface area contributed by atoms with Gasteiger partial charge in [-0.3, -0.25) is 4.99 Å². The average molecular weight is 257 g/mol. The fraction of sp³-hybridized carbons (Fsp3) is 0.923. The molecule has 0 aromatic heterocycles. The zero-order valence-corrected chi connectivity index (χ0v) is 11.7. The Bertz CT molecular complexity index is 251. The third kappa shape index (κ3) is 5.69. The minimum atomic E-state index is -0.581. The molecule has 5 heteroatoms. The first kappa shape index (κ1) is 15.2. The summed E-state index contributed by atoms with van der Waals surface area (Å²) in [5, 5.41) is 16.6. The SMILES string of the molecule is CCNC(=NCC1(O)CCCC1)NCCOCC. The second-order valence-electron chi connectivity index (χ2n) is 4.75. The topological polar surface area (TPSA) is 65.9 Å². The van der Waals surface area contributed by atoms with Crippen LogP contribution in [0.25, 0.3) is 0 Å². The Morgan fingerprint density at radius 3 is 2.61 bits per heavy atom. The molecule has 3 N–H and O–H groups in total.